The van der Waals surface area contributed by atoms with E-state index in [2.05, 4.69) is 0 Å². The van der Waals surface area contributed by atoms with Gasteiger partial charge < -0.3 is 19.5 Å². The van der Waals surface area contributed by atoms with Gasteiger partial charge in [-0.1, -0.05) is 0 Å². The Kier molecular flexibility index (Phi) is 4.62. The third-order valence-corrected chi connectivity index (χ3v) is 5.67. The molecule has 2 aliphatic heterocycles. The summed E-state index contributed by atoms with van der Waals surface area (Å²) in [6.07, 6.45) is 5.68. The van der Waals surface area contributed by atoms with Gasteiger partial charge in [0.1, 0.15) is 5.60 Å². The van der Waals surface area contributed by atoms with Crippen LogP contribution < -0.4 is 0 Å². The number of hydrogen-bond donors (Lipinski definition) is 1. The molecule has 1 saturated carbocycles. The number of hydrogen-bond acceptors (Lipinski definition) is 4. The lowest BCUT2D eigenvalue weighted by molar-refractivity contribution is -0.159. The fourth-order valence-corrected chi connectivity index (χ4v) is 4.28. The first-order valence-corrected chi connectivity index (χ1v) is 9.08. The minimum atomic E-state index is -0.475. The van der Waals surface area contributed by atoms with Crippen LogP contribution in [-0.4, -0.2) is 53.1 Å². The third kappa shape index (κ3) is 3.82. The molecule has 2 saturated heterocycles. The Morgan fingerprint density at radius 1 is 1.30 bits per heavy atom. The molecule has 1 aliphatic carbocycles. The Bertz CT molecular complexity index is 441. The van der Waals surface area contributed by atoms with Crippen molar-refractivity contribution in [3.63, 3.8) is 0 Å². The number of carbonyl (C=O) groups is 1. The van der Waals surface area contributed by atoms with Crippen LogP contribution in [0.1, 0.15) is 59.3 Å². The lowest BCUT2D eigenvalue weighted by Gasteiger charge is -2.50. The van der Waals surface area contributed by atoms with Gasteiger partial charge in [0.2, 0.25) is 0 Å². The van der Waals surface area contributed by atoms with E-state index in [4.69, 9.17) is 9.47 Å². The molecule has 3 atom stereocenters. The Hall–Kier alpha value is -0.810. The molecule has 3 aliphatic rings. The summed E-state index contributed by atoms with van der Waals surface area (Å²) in [5.74, 6) is 0.599. The summed E-state index contributed by atoms with van der Waals surface area (Å²) in [5, 5.41) is 10.5. The normalized spacial score (nSPS) is 34.1. The number of aliphatic hydroxyl groups is 1. The van der Waals surface area contributed by atoms with Crippen molar-refractivity contribution in [3.8, 4) is 0 Å². The Labute approximate surface area is 139 Å². The van der Waals surface area contributed by atoms with Crippen LogP contribution in [0.15, 0.2) is 0 Å². The van der Waals surface area contributed by atoms with Crippen molar-refractivity contribution in [2.24, 2.45) is 11.8 Å². The molecular formula is C18H31NO4. The van der Waals surface area contributed by atoms with Crippen LogP contribution in [-0.2, 0) is 9.47 Å². The second kappa shape index (κ2) is 6.25. The van der Waals surface area contributed by atoms with Crippen LogP contribution in [0.25, 0.3) is 0 Å². The number of nitrogens with zero attached hydrogens (tertiary/aromatic N) is 1. The standard InChI is InChI=1S/C18H31NO4/c1-17(2,3)23-16(21)19-9-5-15(20)14(12-19)13-6-10-22-18(11-13)7-4-8-18/h13-15,20H,4-12H2,1-3H3. The predicted octanol–water partition coefficient (Wildman–Crippen LogP) is 2.95. The SMILES string of the molecule is CC(C)(C)OC(=O)N1CCC(O)C(C2CCOC3(CCC3)C2)C1. The summed E-state index contributed by atoms with van der Waals surface area (Å²) in [6.45, 7) is 7.65. The summed E-state index contributed by atoms with van der Waals surface area (Å²) in [7, 11) is 0. The van der Waals surface area contributed by atoms with E-state index >= 15 is 0 Å². The zero-order chi connectivity index (χ0) is 16.7. The average molecular weight is 325 g/mol. The molecule has 2 heterocycles. The van der Waals surface area contributed by atoms with E-state index in [9.17, 15) is 9.90 Å². The van der Waals surface area contributed by atoms with Crippen LogP contribution in [0.3, 0.4) is 0 Å². The van der Waals surface area contributed by atoms with Gasteiger partial charge in [-0.05, 0) is 65.2 Å². The number of carbonyl (C=O) groups excluding carboxylic acids is 1. The second-order valence-electron chi connectivity index (χ2n) is 8.58. The highest BCUT2D eigenvalue weighted by atomic mass is 16.6. The van der Waals surface area contributed by atoms with E-state index < -0.39 is 5.60 Å². The Morgan fingerprint density at radius 3 is 2.65 bits per heavy atom. The number of likely N-dealkylation sites (tertiary alicyclic amines) is 1. The molecule has 0 bridgehead atoms. The van der Waals surface area contributed by atoms with E-state index in [1.165, 1.54) is 6.42 Å². The molecule has 1 amide bonds. The van der Waals surface area contributed by atoms with Crippen LogP contribution in [0.5, 0.6) is 0 Å². The number of amides is 1. The minimum Gasteiger partial charge on any atom is -0.444 e. The molecule has 1 N–H and O–H groups in total. The number of aliphatic hydroxyl groups excluding tert-OH is 1. The van der Waals surface area contributed by atoms with Gasteiger partial charge in [0, 0.05) is 25.6 Å². The summed E-state index contributed by atoms with van der Waals surface area (Å²) in [4.78, 5) is 14.1. The lowest BCUT2D eigenvalue weighted by Crippen LogP contribution is -2.53. The van der Waals surface area contributed by atoms with E-state index in [-0.39, 0.29) is 23.7 Å². The molecule has 5 heteroatoms. The van der Waals surface area contributed by atoms with Crippen molar-refractivity contribution in [2.45, 2.75) is 76.6 Å². The van der Waals surface area contributed by atoms with Crippen molar-refractivity contribution >= 4 is 6.09 Å². The van der Waals surface area contributed by atoms with Gasteiger partial charge in [0.05, 0.1) is 11.7 Å². The largest absolute Gasteiger partial charge is 0.444 e. The first-order chi connectivity index (χ1) is 10.8. The number of rotatable bonds is 1. The molecule has 3 fully saturated rings. The van der Waals surface area contributed by atoms with E-state index in [0.29, 0.717) is 25.4 Å². The van der Waals surface area contributed by atoms with Gasteiger partial charge in [-0.3, -0.25) is 0 Å². The monoisotopic (exact) mass is 325 g/mol. The molecule has 1 spiro atoms. The van der Waals surface area contributed by atoms with Crippen molar-refractivity contribution in [1.82, 2.24) is 4.90 Å². The summed E-state index contributed by atoms with van der Waals surface area (Å²) >= 11 is 0. The summed E-state index contributed by atoms with van der Waals surface area (Å²) < 4.78 is 11.5. The molecule has 0 aromatic carbocycles. The maximum absolute atomic E-state index is 12.3. The zero-order valence-electron chi connectivity index (χ0n) is 14.7. The minimum absolute atomic E-state index is 0.0802. The first-order valence-electron chi connectivity index (χ1n) is 9.08. The van der Waals surface area contributed by atoms with E-state index in [0.717, 1.165) is 32.3 Å². The van der Waals surface area contributed by atoms with Gasteiger partial charge in [-0.15, -0.1) is 0 Å². The van der Waals surface area contributed by atoms with Gasteiger partial charge >= 0.3 is 6.09 Å². The third-order valence-electron chi connectivity index (χ3n) is 5.67. The molecule has 3 rings (SSSR count). The van der Waals surface area contributed by atoms with Gasteiger partial charge in [-0.2, -0.15) is 0 Å². The molecule has 5 nitrogen and oxygen atoms in total. The van der Waals surface area contributed by atoms with Crippen molar-refractivity contribution in [1.29, 1.82) is 0 Å². The highest BCUT2D eigenvalue weighted by molar-refractivity contribution is 5.68. The summed E-state index contributed by atoms with van der Waals surface area (Å²) in [5.41, 5.74) is -0.395. The molecular weight excluding hydrogens is 294 g/mol. The topological polar surface area (TPSA) is 59.0 Å². The van der Waals surface area contributed by atoms with Gasteiger partial charge in [0.25, 0.3) is 0 Å². The quantitative estimate of drug-likeness (QED) is 0.805. The van der Waals surface area contributed by atoms with Gasteiger partial charge in [-0.25, -0.2) is 4.79 Å². The molecule has 0 radical (unpaired) electrons. The summed E-state index contributed by atoms with van der Waals surface area (Å²) in [6, 6.07) is 0. The van der Waals surface area contributed by atoms with Gasteiger partial charge in [0.15, 0.2) is 0 Å². The Balaban J connectivity index is 1.62. The Morgan fingerprint density at radius 2 is 2.04 bits per heavy atom. The highest BCUT2D eigenvalue weighted by Gasteiger charge is 2.46. The van der Waals surface area contributed by atoms with Crippen molar-refractivity contribution in [2.75, 3.05) is 19.7 Å². The van der Waals surface area contributed by atoms with Crippen molar-refractivity contribution < 1.29 is 19.4 Å². The molecule has 132 valence electrons. The molecule has 23 heavy (non-hydrogen) atoms. The number of ether oxygens (including phenoxy) is 2. The maximum Gasteiger partial charge on any atom is 0.410 e. The van der Waals surface area contributed by atoms with Crippen LogP contribution in [0, 0.1) is 11.8 Å². The fourth-order valence-electron chi connectivity index (χ4n) is 4.28. The molecule has 3 unspecified atom stereocenters. The molecule has 0 aromatic rings. The highest BCUT2D eigenvalue weighted by Crippen LogP contribution is 2.47. The van der Waals surface area contributed by atoms with E-state index in [1.54, 1.807) is 4.90 Å². The second-order valence-corrected chi connectivity index (χ2v) is 8.58. The zero-order valence-corrected chi connectivity index (χ0v) is 14.7. The fraction of sp³-hybridized carbons (Fsp3) is 0.944. The van der Waals surface area contributed by atoms with Crippen molar-refractivity contribution in [3.05, 3.63) is 0 Å². The average Bonchev–Trinajstić information content (AvgIpc) is 2.44. The van der Waals surface area contributed by atoms with Crippen LogP contribution >= 0.6 is 0 Å². The smallest absolute Gasteiger partial charge is 0.410 e. The van der Waals surface area contributed by atoms with Crippen LogP contribution in [0.4, 0.5) is 4.79 Å². The predicted molar refractivity (Wildman–Crippen MR) is 87.2 cm³/mol. The number of piperidine rings is 1. The molecule has 0 aromatic heterocycles. The van der Waals surface area contributed by atoms with Crippen LogP contribution in [0.2, 0.25) is 0 Å². The van der Waals surface area contributed by atoms with E-state index in [1.807, 2.05) is 20.8 Å². The maximum atomic E-state index is 12.3. The lowest BCUT2D eigenvalue weighted by atomic mass is 9.67. The first kappa shape index (κ1) is 17.0.